The van der Waals surface area contributed by atoms with Crippen LogP contribution >= 0.6 is 0 Å². The first-order chi connectivity index (χ1) is 6.88. The van der Waals surface area contributed by atoms with Gasteiger partial charge in [0.25, 0.3) is 0 Å². The molecule has 0 aliphatic rings. The fraction of sp³-hybridized carbons (Fsp3) is 0.400. The summed E-state index contributed by atoms with van der Waals surface area (Å²) in [5.74, 6) is -0.413. The minimum atomic E-state index is -4.73. The fourth-order valence-corrected chi connectivity index (χ4v) is 0.948. The molecule has 0 bridgehead atoms. The minimum absolute atomic E-state index is 0.0322. The third-order valence-corrected chi connectivity index (χ3v) is 1.36. The van der Waals surface area contributed by atoms with Crippen LogP contribution in [0.5, 0.6) is 11.5 Å². The second kappa shape index (κ2) is 4.42. The molecule has 15 heavy (non-hydrogen) atoms. The molecule has 0 fully saturated rings. The third kappa shape index (κ3) is 4.10. The van der Waals surface area contributed by atoms with Crippen molar-refractivity contribution in [3.05, 3.63) is 24.3 Å². The highest BCUT2D eigenvalue weighted by molar-refractivity contribution is 5.38. The van der Waals surface area contributed by atoms with E-state index in [1.807, 2.05) is 0 Å². The van der Waals surface area contributed by atoms with Crippen molar-refractivity contribution < 1.29 is 22.6 Å². The number of hydrogen-bond donors (Lipinski definition) is 0. The van der Waals surface area contributed by atoms with Crippen LogP contribution in [0, 0.1) is 6.07 Å². The van der Waals surface area contributed by atoms with Gasteiger partial charge in [0, 0.05) is 6.07 Å². The van der Waals surface area contributed by atoms with Crippen LogP contribution in [0.2, 0.25) is 0 Å². The second-order valence-corrected chi connectivity index (χ2v) is 3.08. The van der Waals surface area contributed by atoms with Crippen molar-refractivity contribution in [2.45, 2.75) is 26.3 Å². The summed E-state index contributed by atoms with van der Waals surface area (Å²) in [4.78, 5) is 0. The molecule has 1 radical (unpaired) electrons. The quantitative estimate of drug-likeness (QED) is 0.777. The summed E-state index contributed by atoms with van der Waals surface area (Å²) in [5, 5.41) is 0. The summed E-state index contributed by atoms with van der Waals surface area (Å²) in [5.41, 5.74) is 0. The van der Waals surface area contributed by atoms with Gasteiger partial charge >= 0.3 is 6.36 Å². The van der Waals surface area contributed by atoms with E-state index >= 15 is 0 Å². The summed E-state index contributed by atoms with van der Waals surface area (Å²) >= 11 is 0. The van der Waals surface area contributed by atoms with E-state index in [0.717, 1.165) is 0 Å². The van der Waals surface area contributed by atoms with E-state index in [4.69, 9.17) is 4.74 Å². The van der Waals surface area contributed by atoms with Crippen LogP contribution in [0.1, 0.15) is 13.8 Å². The number of para-hydroxylation sites is 1. The Kier molecular flexibility index (Phi) is 3.44. The molecule has 0 spiro atoms. The van der Waals surface area contributed by atoms with Crippen molar-refractivity contribution in [1.29, 1.82) is 0 Å². The van der Waals surface area contributed by atoms with E-state index in [9.17, 15) is 13.2 Å². The molecule has 1 aromatic carbocycles. The van der Waals surface area contributed by atoms with Crippen LogP contribution in [-0.4, -0.2) is 12.5 Å². The van der Waals surface area contributed by atoms with Gasteiger partial charge in [0.1, 0.15) is 0 Å². The largest absolute Gasteiger partial charge is 0.573 e. The molecule has 0 saturated heterocycles. The summed E-state index contributed by atoms with van der Waals surface area (Å²) in [6.45, 7) is 3.43. The van der Waals surface area contributed by atoms with Crippen molar-refractivity contribution in [2.24, 2.45) is 0 Å². The summed E-state index contributed by atoms with van der Waals surface area (Å²) < 4.78 is 44.8. The van der Waals surface area contributed by atoms with Crippen LogP contribution < -0.4 is 9.47 Å². The Morgan fingerprint density at radius 3 is 2.53 bits per heavy atom. The van der Waals surface area contributed by atoms with Gasteiger partial charge in [-0.25, -0.2) is 0 Å². The van der Waals surface area contributed by atoms with E-state index in [-0.39, 0.29) is 11.9 Å². The minimum Gasteiger partial charge on any atom is -0.487 e. The van der Waals surface area contributed by atoms with Crippen LogP contribution in [0.15, 0.2) is 18.2 Å². The number of halogens is 3. The van der Waals surface area contributed by atoms with E-state index in [0.29, 0.717) is 0 Å². The average molecular weight is 219 g/mol. The number of benzene rings is 1. The fourth-order valence-electron chi connectivity index (χ4n) is 0.948. The molecule has 0 aliphatic carbocycles. The maximum atomic E-state index is 12.0. The number of rotatable bonds is 3. The van der Waals surface area contributed by atoms with Crippen LogP contribution in [0.3, 0.4) is 0 Å². The standard InChI is InChI=1S/C10H10F3O2/c1-7(2)14-8-5-3-4-6-9(8)15-10(11,12)13/h3-5,7H,1-2H3. The molecule has 1 rings (SSSR count). The molecule has 1 aromatic rings. The lowest BCUT2D eigenvalue weighted by Gasteiger charge is -2.15. The zero-order valence-corrected chi connectivity index (χ0v) is 8.26. The Morgan fingerprint density at radius 2 is 2.00 bits per heavy atom. The molecule has 0 N–H and O–H groups in total. The SMILES string of the molecule is CC(C)Oc1ccc[c]c1OC(F)(F)F. The van der Waals surface area contributed by atoms with Gasteiger partial charge in [-0.1, -0.05) is 12.1 Å². The zero-order chi connectivity index (χ0) is 11.5. The molecule has 5 heteroatoms. The maximum Gasteiger partial charge on any atom is 0.573 e. The number of alkyl halides is 3. The van der Waals surface area contributed by atoms with Gasteiger partial charge in [0.2, 0.25) is 0 Å². The lowest BCUT2D eigenvalue weighted by molar-refractivity contribution is -0.275. The lowest BCUT2D eigenvalue weighted by Crippen LogP contribution is -2.18. The van der Waals surface area contributed by atoms with Crippen LogP contribution in [0.4, 0.5) is 13.2 Å². The van der Waals surface area contributed by atoms with E-state index in [2.05, 4.69) is 10.8 Å². The Morgan fingerprint density at radius 1 is 1.33 bits per heavy atom. The Hall–Kier alpha value is -1.39. The normalized spacial score (nSPS) is 11.6. The van der Waals surface area contributed by atoms with Gasteiger partial charge in [-0.3, -0.25) is 0 Å². The predicted molar refractivity (Wildman–Crippen MR) is 47.7 cm³/mol. The van der Waals surface area contributed by atoms with Gasteiger partial charge in [0.05, 0.1) is 6.10 Å². The van der Waals surface area contributed by atoms with Crippen LogP contribution in [0.25, 0.3) is 0 Å². The molecule has 0 heterocycles. The first-order valence-electron chi connectivity index (χ1n) is 4.31. The van der Waals surface area contributed by atoms with Gasteiger partial charge < -0.3 is 9.47 Å². The lowest BCUT2D eigenvalue weighted by atomic mass is 10.3. The molecule has 0 saturated carbocycles. The topological polar surface area (TPSA) is 18.5 Å². The van der Waals surface area contributed by atoms with Crippen molar-refractivity contribution in [2.75, 3.05) is 0 Å². The first-order valence-corrected chi connectivity index (χ1v) is 4.31. The molecule has 0 amide bonds. The highest BCUT2D eigenvalue weighted by Crippen LogP contribution is 2.31. The second-order valence-electron chi connectivity index (χ2n) is 3.08. The number of ether oxygens (including phenoxy) is 2. The van der Waals surface area contributed by atoms with Crippen molar-refractivity contribution >= 4 is 0 Å². The summed E-state index contributed by atoms with van der Waals surface area (Å²) in [6, 6.07) is 6.59. The van der Waals surface area contributed by atoms with E-state index in [1.165, 1.54) is 18.2 Å². The predicted octanol–water partition coefficient (Wildman–Crippen LogP) is 3.17. The molecular weight excluding hydrogens is 209 g/mol. The summed E-state index contributed by atoms with van der Waals surface area (Å²) in [6.07, 6.45) is -4.95. The molecule has 0 atom stereocenters. The van der Waals surface area contributed by atoms with Crippen molar-refractivity contribution in [3.8, 4) is 11.5 Å². The Labute approximate surface area is 85.6 Å². The van der Waals surface area contributed by atoms with Crippen molar-refractivity contribution in [1.82, 2.24) is 0 Å². The molecular formula is C10H10F3O2. The number of hydrogen-bond acceptors (Lipinski definition) is 2. The molecule has 0 unspecified atom stereocenters. The first kappa shape index (κ1) is 11.7. The van der Waals surface area contributed by atoms with E-state index in [1.54, 1.807) is 13.8 Å². The third-order valence-electron chi connectivity index (χ3n) is 1.36. The van der Waals surface area contributed by atoms with Gasteiger partial charge in [-0.2, -0.15) is 0 Å². The monoisotopic (exact) mass is 219 g/mol. The highest BCUT2D eigenvalue weighted by atomic mass is 19.4. The average Bonchev–Trinajstić information content (AvgIpc) is 2.05. The van der Waals surface area contributed by atoms with E-state index < -0.39 is 12.1 Å². The smallest absolute Gasteiger partial charge is 0.487 e. The molecule has 0 aliphatic heterocycles. The van der Waals surface area contributed by atoms with Crippen LogP contribution in [-0.2, 0) is 0 Å². The Bertz CT molecular complexity index is 321. The maximum absolute atomic E-state index is 12.0. The Balaban J connectivity index is 2.86. The zero-order valence-electron chi connectivity index (χ0n) is 8.26. The highest BCUT2D eigenvalue weighted by Gasteiger charge is 2.32. The van der Waals surface area contributed by atoms with Gasteiger partial charge in [-0.05, 0) is 19.9 Å². The molecule has 0 aromatic heterocycles. The van der Waals surface area contributed by atoms with Crippen molar-refractivity contribution in [3.63, 3.8) is 0 Å². The van der Waals surface area contributed by atoms with Gasteiger partial charge in [0.15, 0.2) is 11.5 Å². The van der Waals surface area contributed by atoms with Gasteiger partial charge in [-0.15, -0.1) is 13.2 Å². The summed E-state index contributed by atoms with van der Waals surface area (Å²) in [7, 11) is 0. The molecule has 2 nitrogen and oxygen atoms in total. The molecule has 83 valence electrons.